The van der Waals surface area contributed by atoms with Crippen molar-refractivity contribution in [1.82, 2.24) is 20.1 Å². The highest BCUT2D eigenvalue weighted by Crippen LogP contribution is 2.21. The van der Waals surface area contributed by atoms with Crippen LogP contribution in [0.1, 0.15) is 30.3 Å². The predicted molar refractivity (Wildman–Crippen MR) is 86.7 cm³/mol. The molecular weight excluding hydrogens is 284 g/mol. The number of nitrogens with one attached hydrogen (secondary N) is 1. The second-order valence-electron chi connectivity index (χ2n) is 5.33. The molecule has 0 aliphatic heterocycles. The molecule has 5 heteroatoms. The van der Waals surface area contributed by atoms with Crippen LogP contribution >= 0.6 is 11.6 Å². The molecule has 1 N–H and O–H groups in total. The summed E-state index contributed by atoms with van der Waals surface area (Å²) in [6, 6.07) is 4.50. The summed E-state index contributed by atoms with van der Waals surface area (Å²) in [7, 11) is 1.96. The van der Waals surface area contributed by atoms with Gasteiger partial charge in [-0.2, -0.15) is 5.10 Å². The molecule has 0 saturated heterocycles. The molecule has 0 aromatic carbocycles. The van der Waals surface area contributed by atoms with Crippen molar-refractivity contribution in [2.45, 2.75) is 39.2 Å². The Morgan fingerprint density at radius 3 is 2.81 bits per heavy atom. The van der Waals surface area contributed by atoms with Crippen molar-refractivity contribution in [3.05, 3.63) is 46.5 Å². The third-order valence-corrected chi connectivity index (χ3v) is 4.19. The zero-order valence-corrected chi connectivity index (χ0v) is 13.7. The molecule has 4 nitrogen and oxygen atoms in total. The number of nitrogens with zero attached hydrogens (tertiary/aromatic N) is 3. The lowest BCUT2D eigenvalue weighted by Gasteiger charge is -2.18. The largest absolute Gasteiger partial charge is 0.314 e. The Labute approximate surface area is 131 Å². The Morgan fingerprint density at radius 2 is 2.24 bits per heavy atom. The van der Waals surface area contributed by atoms with Gasteiger partial charge < -0.3 is 5.32 Å². The minimum absolute atomic E-state index is 0.391. The molecule has 2 rings (SSSR count). The Bertz CT molecular complexity index is 565. The normalized spacial score (nSPS) is 12.6. The molecule has 0 saturated carbocycles. The molecular formula is C16H23ClN4. The van der Waals surface area contributed by atoms with Crippen LogP contribution in [0.25, 0.3) is 0 Å². The average molecular weight is 307 g/mol. The van der Waals surface area contributed by atoms with Crippen molar-refractivity contribution in [3.63, 3.8) is 0 Å². The van der Waals surface area contributed by atoms with E-state index in [9.17, 15) is 0 Å². The first-order valence-electron chi connectivity index (χ1n) is 7.42. The number of hydrogen-bond acceptors (Lipinski definition) is 3. The Hall–Kier alpha value is -1.39. The standard InChI is InChI=1S/C16H23ClN4/c1-4-19-14(8-7-13-6-5-9-18-11-13)10-15-16(17)12(2)20-21(15)3/h5-6,9,11,14,19H,4,7-8,10H2,1-3H3. The first kappa shape index (κ1) is 16.0. The molecule has 2 heterocycles. The fourth-order valence-electron chi connectivity index (χ4n) is 2.59. The number of hydrogen-bond donors (Lipinski definition) is 1. The zero-order chi connectivity index (χ0) is 15.2. The van der Waals surface area contributed by atoms with E-state index in [0.717, 1.165) is 42.2 Å². The van der Waals surface area contributed by atoms with Gasteiger partial charge in [-0.05, 0) is 37.9 Å². The topological polar surface area (TPSA) is 42.7 Å². The van der Waals surface area contributed by atoms with Crippen LogP contribution < -0.4 is 5.32 Å². The quantitative estimate of drug-likeness (QED) is 0.855. The summed E-state index contributed by atoms with van der Waals surface area (Å²) in [6.45, 7) is 5.03. The highest BCUT2D eigenvalue weighted by Gasteiger charge is 2.16. The van der Waals surface area contributed by atoms with Gasteiger partial charge >= 0.3 is 0 Å². The maximum atomic E-state index is 6.35. The molecule has 114 valence electrons. The van der Waals surface area contributed by atoms with Crippen LogP contribution in [0.5, 0.6) is 0 Å². The van der Waals surface area contributed by atoms with Gasteiger partial charge in [0.05, 0.1) is 16.4 Å². The maximum Gasteiger partial charge on any atom is 0.0847 e. The van der Waals surface area contributed by atoms with Crippen LogP contribution in [0.2, 0.25) is 5.02 Å². The summed E-state index contributed by atoms with van der Waals surface area (Å²) < 4.78 is 1.89. The molecule has 0 radical (unpaired) electrons. The first-order chi connectivity index (χ1) is 10.1. The zero-order valence-electron chi connectivity index (χ0n) is 12.9. The van der Waals surface area contributed by atoms with E-state index in [-0.39, 0.29) is 0 Å². The molecule has 0 fully saturated rings. The van der Waals surface area contributed by atoms with E-state index in [1.807, 2.05) is 37.1 Å². The number of aryl methyl sites for hydroxylation is 3. The third kappa shape index (κ3) is 4.29. The molecule has 21 heavy (non-hydrogen) atoms. The van der Waals surface area contributed by atoms with Crippen molar-refractivity contribution in [2.24, 2.45) is 7.05 Å². The number of likely N-dealkylation sites (N-methyl/N-ethyl adjacent to an activating group) is 1. The average Bonchev–Trinajstić information content (AvgIpc) is 2.72. The van der Waals surface area contributed by atoms with Crippen molar-refractivity contribution >= 4 is 11.6 Å². The molecule has 2 aromatic rings. The number of aromatic nitrogens is 3. The third-order valence-electron chi connectivity index (χ3n) is 3.70. The molecule has 0 spiro atoms. The second-order valence-corrected chi connectivity index (χ2v) is 5.71. The summed E-state index contributed by atoms with van der Waals surface area (Å²) in [6.07, 6.45) is 6.71. The molecule has 1 atom stereocenters. The van der Waals surface area contributed by atoms with Crippen molar-refractivity contribution < 1.29 is 0 Å². The fraction of sp³-hybridized carbons (Fsp3) is 0.500. The van der Waals surface area contributed by atoms with Crippen molar-refractivity contribution in [2.75, 3.05) is 6.54 Å². The number of rotatable bonds is 7. The van der Waals surface area contributed by atoms with Gasteiger partial charge in [0, 0.05) is 31.9 Å². The van der Waals surface area contributed by atoms with E-state index in [4.69, 9.17) is 11.6 Å². The molecule has 0 aliphatic carbocycles. The smallest absolute Gasteiger partial charge is 0.0847 e. The summed E-state index contributed by atoms with van der Waals surface area (Å²) in [5.41, 5.74) is 3.27. The van der Waals surface area contributed by atoms with E-state index in [1.54, 1.807) is 0 Å². The summed E-state index contributed by atoms with van der Waals surface area (Å²) >= 11 is 6.35. The second kappa shape index (κ2) is 7.57. The minimum atomic E-state index is 0.391. The van der Waals surface area contributed by atoms with E-state index >= 15 is 0 Å². The van der Waals surface area contributed by atoms with Gasteiger partial charge in [0.15, 0.2) is 0 Å². The van der Waals surface area contributed by atoms with E-state index in [0.29, 0.717) is 6.04 Å². The maximum absolute atomic E-state index is 6.35. The van der Waals surface area contributed by atoms with E-state index < -0.39 is 0 Å². The number of pyridine rings is 1. The molecule has 0 aliphatic rings. The minimum Gasteiger partial charge on any atom is -0.314 e. The molecule has 1 unspecified atom stereocenters. The number of halogens is 1. The van der Waals surface area contributed by atoms with Crippen LogP contribution in [0.3, 0.4) is 0 Å². The lowest BCUT2D eigenvalue weighted by atomic mass is 10.0. The van der Waals surface area contributed by atoms with Crippen LogP contribution in [0.15, 0.2) is 24.5 Å². The van der Waals surface area contributed by atoms with Crippen LogP contribution in [0, 0.1) is 6.92 Å². The molecule has 0 amide bonds. The first-order valence-corrected chi connectivity index (χ1v) is 7.79. The van der Waals surface area contributed by atoms with E-state index in [2.05, 4.69) is 28.4 Å². The van der Waals surface area contributed by atoms with Crippen molar-refractivity contribution in [1.29, 1.82) is 0 Å². The Morgan fingerprint density at radius 1 is 1.43 bits per heavy atom. The highest BCUT2D eigenvalue weighted by atomic mass is 35.5. The summed E-state index contributed by atoms with van der Waals surface area (Å²) in [4.78, 5) is 4.17. The van der Waals surface area contributed by atoms with Gasteiger partial charge in [-0.25, -0.2) is 0 Å². The summed E-state index contributed by atoms with van der Waals surface area (Å²) in [5.74, 6) is 0. The predicted octanol–water partition coefficient (Wildman–Crippen LogP) is 2.93. The van der Waals surface area contributed by atoms with Gasteiger partial charge in [-0.1, -0.05) is 24.6 Å². The molecule has 0 bridgehead atoms. The van der Waals surface area contributed by atoms with Gasteiger partial charge in [0.2, 0.25) is 0 Å². The van der Waals surface area contributed by atoms with Gasteiger partial charge in [-0.15, -0.1) is 0 Å². The van der Waals surface area contributed by atoms with Crippen LogP contribution in [0.4, 0.5) is 0 Å². The summed E-state index contributed by atoms with van der Waals surface area (Å²) in [5, 5.41) is 8.73. The highest BCUT2D eigenvalue weighted by molar-refractivity contribution is 6.31. The van der Waals surface area contributed by atoms with E-state index in [1.165, 1.54) is 5.56 Å². The lowest BCUT2D eigenvalue weighted by molar-refractivity contribution is 0.477. The fourth-order valence-corrected chi connectivity index (χ4v) is 2.82. The van der Waals surface area contributed by atoms with Crippen LogP contribution in [-0.4, -0.2) is 27.4 Å². The van der Waals surface area contributed by atoms with Gasteiger partial charge in [0.1, 0.15) is 0 Å². The Kier molecular flexibility index (Phi) is 5.76. The SMILES string of the molecule is CCNC(CCc1cccnc1)Cc1c(Cl)c(C)nn1C. The Balaban J connectivity index is 2.02. The van der Waals surface area contributed by atoms with Crippen molar-refractivity contribution in [3.8, 4) is 0 Å². The van der Waals surface area contributed by atoms with Crippen LogP contribution in [-0.2, 0) is 19.9 Å². The lowest BCUT2D eigenvalue weighted by Crippen LogP contribution is -2.32. The van der Waals surface area contributed by atoms with Gasteiger partial charge in [0.25, 0.3) is 0 Å². The monoisotopic (exact) mass is 306 g/mol. The molecule has 2 aromatic heterocycles. The van der Waals surface area contributed by atoms with Gasteiger partial charge in [-0.3, -0.25) is 9.67 Å².